The first-order valence-corrected chi connectivity index (χ1v) is 14.8. The maximum atomic E-state index is 14.5. The zero-order chi connectivity index (χ0) is 33.8. The van der Waals surface area contributed by atoms with Crippen LogP contribution in [0.15, 0.2) is 83.8 Å². The van der Waals surface area contributed by atoms with Gasteiger partial charge in [-0.2, -0.15) is 0 Å². The number of halogens is 4. The number of nitrogens with zero attached hydrogens (tertiary/aromatic N) is 4. The van der Waals surface area contributed by atoms with E-state index < -0.39 is 63.8 Å². The minimum Gasteiger partial charge on any atom is -0.507 e. The topological polar surface area (TPSA) is 86.1 Å². The molecule has 0 unspecified atom stereocenters. The SMILES string of the molecule is CN(C)c1ccc(N2CCN(C(=O)C(=O)C=C(O)c3cc(Cc4c(F)cc(F)cc4F)cn(Cc4ccc(F)cc4)c3=O)CC2)cc1. The molecule has 1 aliphatic heterocycles. The van der Waals surface area contributed by atoms with Crippen LogP contribution in [-0.4, -0.2) is 66.5 Å². The zero-order valence-electron chi connectivity index (χ0n) is 25.7. The number of rotatable bonds is 9. The second-order valence-electron chi connectivity index (χ2n) is 11.4. The summed E-state index contributed by atoms with van der Waals surface area (Å²) in [6, 6.07) is 15.4. The molecular weight excluding hydrogens is 616 g/mol. The van der Waals surface area contributed by atoms with Crippen molar-refractivity contribution in [2.45, 2.75) is 13.0 Å². The third-order valence-electron chi connectivity index (χ3n) is 7.95. The van der Waals surface area contributed by atoms with Gasteiger partial charge in [0.15, 0.2) is 0 Å². The van der Waals surface area contributed by atoms with Gasteiger partial charge in [-0.15, -0.1) is 0 Å². The Hall–Kier alpha value is -5.39. The van der Waals surface area contributed by atoms with E-state index in [4.69, 9.17) is 0 Å². The molecular formula is C35H32F4N4O4. The van der Waals surface area contributed by atoms with Crippen LogP contribution in [0.1, 0.15) is 22.3 Å². The fourth-order valence-corrected chi connectivity index (χ4v) is 5.38. The van der Waals surface area contributed by atoms with Crippen molar-refractivity contribution in [3.05, 3.63) is 135 Å². The number of pyridine rings is 1. The second-order valence-corrected chi connectivity index (χ2v) is 11.4. The number of ketones is 1. The van der Waals surface area contributed by atoms with Gasteiger partial charge in [-0.25, -0.2) is 17.6 Å². The highest BCUT2D eigenvalue weighted by molar-refractivity contribution is 6.41. The van der Waals surface area contributed by atoms with Gasteiger partial charge in [0.2, 0.25) is 5.78 Å². The van der Waals surface area contributed by atoms with Gasteiger partial charge < -0.3 is 24.4 Å². The first kappa shape index (κ1) is 33.0. The quantitative estimate of drug-likeness (QED) is 0.120. The maximum Gasteiger partial charge on any atom is 0.294 e. The normalized spacial score (nSPS) is 13.5. The van der Waals surface area contributed by atoms with Gasteiger partial charge in [-0.05, 0) is 53.6 Å². The lowest BCUT2D eigenvalue weighted by molar-refractivity contribution is -0.142. The standard InChI is InChI=1S/C35H32F4N4O4/c1-40(2)26-7-9-27(10-8-26)41-11-13-42(14-12-41)35(47)33(45)19-32(44)29-16-23(15-28-30(38)17-25(37)18-31(28)39)21-43(34(29)46)20-22-3-5-24(36)6-4-22/h3-10,16-19,21,44H,11-15,20H2,1-2H3. The Kier molecular flexibility index (Phi) is 9.78. The summed E-state index contributed by atoms with van der Waals surface area (Å²) in [6.45, 7) is 1.34. The van der Waals surface area contributed by atoms with E-state index in [1.165, 1.54) is 35.4 Å². The summed E-state index contributed by atoms with van der Waals surface area (Å²) in [7, 11) is 3.89. The van der Waals surface area contributed by atoms with Crippen LogP contribution in [0.25, 0.3) is 5.76 Å². The molecule has 1 aromatic heterocycles. The molecule has 0 bridgehead atoms. The van der Waals surface area contributed by atoms with Gasteiger partial charge in [0.05, 0.1) is 12.1 Å². The van der Waals surface area contributed by atoms with E-state index in [2.05, 4.69) is 4.90 Å². The van der Waals surface area contributed by atoms with E-state index in [0.29, 0.717) is 36.9 Å². The van der Waals surface area contributed by atoms with Gasteiger partial charge in [0.1, 0.15) is 29.0 Å². The first-order valence-electron chi connectivity index (χ1n) is 14.8. The highest BCUT2D eigenvalue weighted by Crippen LogP contribution is 2.22. The Morgan fingerprint density at radius 3 is 2.04 bits per heavy atom. The molecule has 5 rings (SSSR count). The number of aliphatic hydroxyl groups excluding tert-OH is 1. The van der Waals surface area contributed by atoms with Gasteiger partial charge in [0.25, 0.3) is 11.5 Å². The molecule has 4 aromatic rings. The summed E-state index contributed by atoms with van der Waals surface area (Å²) < 4.78 is 57.1. The number of aliphatic hydroxyl groups is 1. The highest BCUT2D eigenvalue weighted by atomic mass is 19.1. The number of anilines is 2. The molecule has 0 saturated carbocycles. The summed E-state index contributed by atoms with van der Waals surface area (Å²) in [5.74, 6) is -6.63. The molecule has 0 spiro atoms. The summed E-state index contributed by atoms with van der Waals surface area (Å²) in [6.07, 6.45) is 1.51. The molecule has 1 aliphatic rings. The van der Waals surface area contributed by atoms with E-state index in [1.54, 1.807) is 0 Å². The Bertz CT molecular complexity index is 1860. The lowest BCUT2D eigenvalue weighted by Gasteiger charge is -2.35. The lowest BCUT2D eigenvalue weighted by Crippen LogP contribution is -2.50. The summed E-state index contributed by atoms with van der Waals surface area (Å²) >= 11 is 0. The molecule has 8 nitrogen and oxygen atoms in total. The Balaban J connectivity index is 1.37. The smallest absolute Gasteiger partial charge is 0.294 e. The number of benzene rings is 3. The Labute approximate surface area is 268 Å². The molecule has 12 heteroatoms. The number of carbonyl (C=O) groups is 2. The molecule has 0 radical (unpaired) electrons. The van der Waals surface area contributed by atoms with Crippen molar-refractivity contribution < 1.29 is 32.3 Å². The molecule has 1 amide bonds. The summed E-state index contributed by atoms with van der Waals surface area (Å²) in [5, 5.41) is 10.9. The van der Waals surface area contributed by atoms with Crippen LogP contribution in [0.3, 0.4) is 0 Å². The van der Waals surface area contributed by atoms with Crippen LogP contribution in [0.4, 0.5) is 28.9 Å². The molecule has 1 saturated heterocycles. The molecule has 47 heavy (non-hydrogen) atoms. The molecule has 2 heterocycles. The van der Waals surface area contributed by atoms with E-state index in [0.717, 1.165) is 22.0 Å². The fraction of sp³-hybridized carbons (Fsp3) is 0.229. The van der Waals surface area contributed by atoms with Gasteiger partial charge in [-0.3, -0.25) is 14.4 Å². The van der Waals surface area contributed by atoms with Crippen molar-refractivity contribution in [3.63, 3.8) is 0 Å². The predicted molar refractivity (Wildman–Crippen MR) is 171 cm³/mol. The minimum absolute atomic E-state index is 0.114. The number of hydrogen-bond acceptors (Lipinski definition) is 6. The van der Waals surface area contributed by atoms with E-state index in [9.17, 15) is 37.1 Å². The van der Waals surface area contributed by atoms with Gasteiger partial charge >= 0.3 is 0 Å². The highest BCUT2D eigenvalue weighted by Gasteiger charge is 2.26. The van der Waals surface area contributed by atoms with Crippen LogP contribution in [0, 0.1) is 23.3 Å². The molecule has 0 aliphatic carbocycles. The van der Waals surface area contributed by atoms with Gasteiger partial charge in [0, 0.05) is 88.0 Å². The third kappa shape index (κ3) is 7.71. The number of carbonyl (C=O) groups excluding carboxylic acids is 2. The largest absolute Gasteiger partial charge is 0.507 e. The molecule has 1 N–H and O–H groups in total. The van der Waals surface area contributed by atoms with E-state index in [1.807, 2.05) is 43.3 Å². The first-order chi connectivity index (χ1) is 22.4. The number of amides is 1. The molecule has 244 valence electrons. The Morgan fingerprint density at radius 1 is 0.830 bits per heavy atom. The average molecular weight is 649 g/mol. The van der Waals surface area contributed by atoms with Crippen LogP contribution < -0.4 is 15.4 Å². The van der Waals surface area contributed by atoms with Crippen LogP contribution in [0.2, 0.25) is 0 Å². The van der Waals surface area contributed by atoms with Crippen molar-refractivity contribution in [1.82, 2.24) is 9.47 Å². The fourth-order valence-electron chi connectivity index (χ4n) is 5.38. The zero-order valence-corrected chi connectivity index (χ0v) is 25.7. The minimum atomic E-state index is -1.15. The van der Waals surface area contributed by atoms with E-state index in [-0.39, 0.29) is 25.2 Å². The van der Waals surface area contributed by atoms with Crippen molar-refractivity contribution in [2.24, 2.45) is 0 Å². The lowest BCUT2D eigenvalue weighted by atomic mass is 10.0. The van der Waals surface area contributed by atoms with Crippen molar-refractivity contribution in [2.75, 3.05) is 50.1 Å². The van der Waals surface area contributed by atoms with Crippen LogP contribution in [0.5, 0.6) is 0 Å². The third-order valence-corrected chi connectivity index (χ3v) is 7.95. The second kappa shape index (κ2) is 13.9. The monoisotopic (exact) mass is 648 g/mol. The van der Waals surface area contributed by atoms with Crippen molar-refractivity contribution in [3.8, 4) is 0 Å². The number of piperazine rings is 1. The van der Waals surface area contributed by atoms with E-state index >= 15 is 0 Å². The number of hydrogen-bond donors (Lipinski definition) is 1. The van der Waals surface area contributed by atoms with Crippen LogP contribution in [-0.2, 0) is 22.6 Å². The summed E-state index contributed by atoms with van der Waals surface area (Å²) in [5.41, 5.74) is 0.997. The average Bonchev–Trinajstić information content (AvgIpc) is 3.04. The maximum absolute atomic E-state index is 14.5. The van der Waals surface area contributed by atoms with Crippen molar-refractivity contribution in [1.29, 1.82) is 0 Å². The predicted octanol–water partition coefficient (Wildman–Crippen LogP) is 4.93. The van der Waals surface area contributed by atoms with Crippen molar-refractivity contribution >= 4 is 28.8 Å². The van der Waals surface area contributed by atoms with Crippen LogP contribution >= 0.6 is 0 Å². The Morgan fingerprint density at radius 2 is 1.45 bits per heavy atom. The summed E-state index contributed by atoms with van der Waals surface area (Å²) in [4.78, 5) is 44.9. The van der Waals surface area contributed by atoms with Gasteiger partial charge in [-0.1, -0.05) is 12.1 Å². The molecule has 0 atom stereocenters. The number of aromatic nitrogens is 1. The molecule has 1 fully saturated rings. The molecule has 3 aromatic carbocycles.